The number of ether oxygens (including phenoxy) is 3. The number of anilines is 1. The van der Waals surface area contributed by atoms with Crippen LogP contribution in [0.2, 0.25) is 10.0 Å². The summed E-state index contributed by atoms with van der Waals surface area (Å²) in [6.07, 6.45) is 3.80. The number of methoxy groups -OCH3 is 2. The van der Waals surface area contributed by atoms with E-state index in [1.807, 2.05) is 6.07 Å². The molecular formula is C38H37Cl2N4O7+. The number of hydrogen-bond donors (Lipinski definition) is 2. The Morgan fingerprint density at radius 2 is 1.73 bits per heavy atom. The first-order valence-corrected chi connectivity index (χ1v) is 17.2. The van der Waals surface area contributed by atoms with Crippen LogP contribution in [0.5, 0.6) is 11.5 Å². The van der Waals surface area contributed by atoms with E-state index in [2.05, 4.69) is 11.0 Å². The predicted molar refractivity (Wildman–Crippen MR) is 189 cm³/mol. The normalized spacial score (nSPS) is 18.4. The third kappa shape index (κ3) is 7.69. The number of aromatic carboxylic acids is 1. The third-order valence-electron chi connectivity index (χ3n) is 9.73. The number of aromatic nitrogens is 1. The van der Waals surface area contributed by atoms with Gasteiger partial charge in [-0.1, -0.05) is 53.5 Å². The van der Waals surface area contributed by atoms with Crippen LogP contribution in [0.15, 0.2) is 73.1 Å². The Morgan fingerprint density at radius 1 is 1.02 bits per heavy atom. The molecule has 3 saturated heterocycles. The second-order valence-corrected chi connectivity index (χ2v) is 13.5. The standard InChI is InChI=1S/C38H36Cl2N4O7/c1-49-34-10-8-25(16-35(34)50-2)28(17-30-31(39)20-43(48)21-32(30)40)29-15-23(7-9-27(29)37(45)46)19-44(33-6-4-3-5-26(33)18-41)38(47)51-36-22-42-13-11-24(36)12-14-42/h3-10,15-16,20-21,24,28,36H,11-14,17,19,22H2,1-2H3,(H-,45,46,48)/p+1/t28-,36-/m0/s1. The van der Waals surface area contributed by atoms with Crippen LogP contribution < -0.4 is 19.1 Å². The number of hydrogen-bond acceptors (Lipinski definition) is 8. The van der Waals surface area contributed by atoms with Crippen molar-refractivity contribution in [3.8, 4) is 17.6 Å². The summed E-state index contributed by atoms with van der Waals surface area (Å²) < 4.78 is 18.0. The number of halogens is 2. The van der Waals surface area contributed by atoms with E-state index in [1.54, 1.807) is 48.5 Å². The monoisotopic (exact) mass is 731 g/mol. The van der Waals surface area contributed by atoms with Gasteiger partial charge in [-0.3, -0.25) is 15.0 Å². The zero-order valence-electron chi connectivity index (χ0n) is 28.1. The first-order valence-electron chi connectivity index (χ1n) is 16.5. The van der Waals surface area contributed by atoms with Gasteiger partial charge < -0.3 is 19.3 Å². The van der Waals surface area contributed by atoms with Crippen molar-refractivity contribution in [3.63, 3.8) is 0 Å². The molecule has 0 spiro atoms. The first kappa shape index (κ1) is 35.8. The fourth-order valence-electron chi connectivity index (χ4n) is 7.08. The SMILES string of the molecule is COc1ccc([C@H](Cc2c(Cl)c[n+](O)cc2Cl)c2cc(CN(C(=O)O[C@H]3CN4CCC3CC4)c3ccccc3C#N)ccc2C(=O)O)cc1OC. The van der Waals surface area contributed by atoms with Crippen molar-refractivity contribution in [2.75, 3.05) is 38.8 Å². The number of amides is 1. The molecular weight excluding hydrogens is 695 g/mol. The second-order valence-electron chi connectivity index (χ2n) is 12.7. The van der Waals surface area contributed by atoms with Crippen molar-refractivity contribution in [1.29, 1.82) is 5.26 Å². The molecule has 2 N–H and O–H groups in total. The maximum Gasteiger partial charge on any atom is 0.414 e. The molecule has 1 amide bonds. The lowest BCUT2D eigenvalue weighted by atomic mass is 9.82. The number of carbonyl (C=O) groups is 2. The molecule has 4 heterocycles. The topological polar surface area (TPSA) is 136 Å². The van der Waals surface area contributed by atoms with Gasteiger partial charge in [-0.15, -0.1) is 0 Å². The van der Waals surface area contributed by atoms with Crippen molar-refractivity contribution in [3.05, 3.63) is 116 Å². The Hall–Kier alpha value is -5.02. The molecule has 3 aliphatic heterocycles. The number of carbonyl (C=O) groups excluding carboxylic acids is 1. The van der Waals surface area contributed by atoms with Crippen LogP contribution in [0.1, 0.15) is 56.9 Å². The average Bonchev–Trinajstić information content (AvgIpc) is 3.13. The van der Waals surface area contributed by atoms with E-state index in [4.69, 9.17) is 37.4 Å². The minimum Gasteiger partial charge on any atom is -0.493 e. The quantitative estimate of drug-likeness (QED) is 0.127. The fourth-order valence-corrected chi connectivity index (χ4v) is 7.69. The lowest BCUT2D eigenvalue weighted by molar-refractivity contribution is -0.904. The van der Waals surface area contributed by atoms with Gasteiger partial charge in [0.1, 0.15) is 22.2 Å². The maximum absolute atomic E-state index is 14.1. The van der Waals surface area contributed by atoms with Crippen molar-refractivity contribution < 1.29 is 38.8 Å². The molecule has 1 aromatic heterocycles. The summed E-state index contributed by atoms with van der Waals surface area (Å²) in [6, 6.07) is 19.2. The second kappa shape index (κ2) is 15.5. The van der Waals surface area contributed by atoms with Crippen LogP contribution in [0.25, 0.3) is 0 Å². The van der Waals surface area contributed by atoms with Crippen molar-refractivity contribution >= 4 is 41.0 Å². The molecule has 0 saturated carbocycles. The van der Waals surface area contributed by atoms with E-state index < -0.39 is 18.0 Å². The van der Waals surface area contributed by atoms with E-state index in [1.165, 1.54) is 37.6 Å². The highest BCUT2D eigenvalue weighted by atomic mass is 35.5. The van der Waals surface area contributed by atoms with Crippen molar-refractivity contribution in [2.24, 2.45) is 5.92 Å². The van der Waals surface area contributed by atoms with Crippen LogP contribution in [-0.4, -0.2) is 67.2 Å². The minimum absolute atomic E-state index is 0.0124. The van der Waals surface area contributed by atoms with E-state index in [0.29, 0.717) is 51.5 Å². The van der Waals surface area contributed by atoms with Crippen molar-refractivity contribution in [2.45, 2.75) is 37.8 Å². The van der Waals surface area contributed by atoms with Gasteiger partial charge in [0.2, 0.25) is 12.4 Å². The molecule has 51 heavy (non-hydrogen) atoms. The van der Waals surface area contributed by atoms with Gasteiger partial charge in [0.25, 0.3) is 0 Å². The number of rotatable bonds is 11. The summed E-state index contributed by atoms with van der Waals surface area (Å²) in [5, 5.41) is 30.8. The predicted octanol–water partition coefficient (Wildman–Crippen LogP) is 6.72. The number of nitriles is 1. The van der Waals surface area contributed by atoms with Crippen LogP contribution in [-0.2, 0) is 17.7 Å². The van der Waals surface area contributed by atoms with E-state index in [9.17, 15) is 25.2 Å². The summed E-state index contributed by atoms with van der Waals surface area (Å²) >= 11 is 13.2. The van der Waals surface area contributed by atoms with E-state index in [-0.39, 0.29) is 40.6 Å². The number of para-hydroxylation sites is 1. The van der Waals surface area contributed by atoms with Crippen LogP contribution in [0.3, 0.4) is 0 Å². The summed E-state index contributed by atoms with van der Waals surface area (Å²) in [4.78, 5) is 30.6. The highest BCUT2D eigenvalue weighted by molar-refractivity contribution is 6.35. The van der Waals surface area contributed by atoms with Gasteiger partial charge in [-0.25, -0.2) is 9.59 Å². The highest BCUT2D eigenvalue weighted by Crippen LogP contribution is 2.40. The number of nitrogens with zero attached hydrogens (tertiary/aromatic N) is 4. The Labute approximate surface area is 305 Å². The number of benzene rings is 3. The summed E-state index contributed by atoms with van der Waals surface area (Å²) in [7, 11) is 3.03. The summed E-state index contributed by atoms with van der Waals surface area (Å²) in [5.41, 5.74) is 2.87. The Morgan fingerprint density at radius 3 is 2.35 bits per heavy atom. The Kier molecular flexibility index (Phi) is 10.9. The van der Waals surface area contributed by atoms with Gasteiger partial charge in [0.05, 0.1) is 37.6 Å². The van der Waals surface area contributed by atoms with Gasteiger partial charge in [-0.2, -0.15) is 5.26 Å². The molecule has 2 atom stereocenters. The lowest BCUT2D eigenvalue weighted by Gasteiger charge is -2.44. The molecule has 0 radical (unpaired) electrons. The number of fused-ring (bicyclic) bond motifs is 3. The van der Waals surface area contributed by atoms with Crippen molar-refractivity contribution in [1.82, 2.24) is 4.90 Å². The molecule has 7 rings (SSSR count). The lowest BCUT2D eigenvalue weighted by Crippen LogP contribution is -2.53. The number of pyridine rings is 1. The Balaban J connectivity index is 1.45. The van der Waals surface area contributed by atoms with Crippen LogP contribution in [0.4, 0.5) is 10.5 Å². The van der Waals surface area contributed by atoms with Gasteiger partial charge in [0.15, 0.2) is 11.5 Å². The highest BCUT2D eigenvalue weighted by Gasteiger charge is 2.38. The summed E-state index contributed by atoms with van der Waals surface area (Å²) in [6.45, 7) is 2.62. The zero-order chi connectivity index (χ0) is 36.2. The minimum atomic E-state index is -1.16. The number of carboxylic acids is 1. The van der Waals surface area contributed by atoms with Crippen LogP contribution in [0, 0.1) is 17.2 Å². The largest absolute Gasteiger partial charge is 0.493 e. The van der Waals surface area contributed by atoms with Gasteiger partial charge >= 0.3 is 12.1 Å². The molecule has 2 bridgehead atoms. The summed E-state index contributed by atoms with van der Waals surface area (Å²) in [5.74, 6) is -0.625. The van der Waals surface area contributed by atoms with E-state index in [0.717, 1.165) is 30.7 Å². The average molecular weight is 733 g/mol. The molecule has 0 unspecified atom stereocenters. The first-order chi connectivity index (χ1) is 24.6. The molecule has 264 valence electrons. The molecule has 0 aliphatic carbocycles. The number of carboxylic acid groups (broad SMARTS) is 1. The molecule has 11 nitrogen and oxygen atoms in total. The third-order valence-corrected chi connectivity index (χ3v) is 10.4. The zero-order valence-corrected chi connectivity index (χ0v) is 29.6. The molecule has 4 aromatic rings. The van der Waals surface area contributed by atoms with Gasteiger partial charge in [0, 0.05) is 22.8 Å². The van der Waals surface area contributed by atoms with Crippen LogP contribution >= 0.6 is 23.2 Å². The Bertz CT molecular complexity index is 1970. The van der Waals surface area contributed by atoms with E-state index >= 15 is 0 Å². The molecule has 3 aromatic carbocycles. The maximum atomic E-state index is 14.1. The van der Waals surface area contributed by atoms with Gasteiger partial charge in [-0.05, 0) is 85.3 Å². The molecule has 3 fully saturated rings. The molecule has 3 aliphatic rings. The molecule has 13 heteroatoms. The smallest absolute Gasteiger partial charge is 0.414 e. The fraction of sp³-hybridized carbons (Fsp3) is 0.316. The number of piperidine rings is 3.